The summed E-state index contributed by atoms with van der Waals surface area (Å²) >= 11 is 1.40. The predicted octanol–water partition coefficient (Wildman–Crippen LogP) is 3.28. The lowest BCUT2D eigenvalue weighted by atomic mass is 10.1. The Balaban J connectivity index is 1.54. The van der Waals surface area contributed by atoms with Crippen LogP contribution in [0.1, 0.15) is 25.8 Å². The number of anilines is 1. The first-order valence-electron chi connectivity index (χ1n) is 9.92. The van der Waals surface area contributed by atoms with E-state index in [2.05, 4.69) is 10.6 Å². The van der Waals surface area contributed by atoms with Crippen molar-refractivity contribution in [2.45, 2.75) is 41.7 Å². The zero-order valence-corrected chi connectivity index (χ0v) is 18.7. The van der Waals surface area contributed by atoms with Gasteiger partial charge in [-0.3, -0.25) is 9.59 Å². The van der Waals surface area contributed by atoms with E-state index in [1.165, 1.54) is 29.5 Å². The third-order valence-electron chi connectivity index (χ3n) is 4.94. The Kier molecular flexibility index (Phi) is 7.20. The summed E-state index contributed by atoms with van der Waals surface area (Å²) in [6, 6.07) is 14.7. The number of thioether (sulfide) groups is 1. The molecule has 30 heavy (non-hydrogen) atoms. The Labute approximate surface area is 181 Å². The number of carbonyl (C=O) groups excluding carboxylic acids is 2. The third-order valence-corrected chi connectivity index (χ3v) is 8.03. The first kappa shape index (κ1) is 22.4. The molecule has 8 heteroatoms. The minimum Gasteiger partial charge on any atom is -0.356 e. The van der Waals surface area contributed by atoms with Crippen LogP contribution in [0.25, 0.3) is 0 Å². The Hall–Kier alpha value is -2.32. The molecule has 0 spiro atoms. The minimum atomic E-state index is -3.66. The highest BCUT2D eigenvalue weighted by Gasteiger charge is 2.27. The highest BCUT2D eigenvalue weighted by Crippen LogP contribution is 2.37. The van der Waals surface area contributed by atoms with E-state index in [1.807, 2.05) is 30.3 Å². The summed E-state index contributed by atoms with van der Waals surface area (Å²) in [5.41, 5.74) is 1.71. The molecular weight excluding hydrogens is 420 g/mol. The molecular formula is C22H26N2O4S2. The molecule has 0 aliphatic carbocycles. The molecule has 0 aromatic heterocycles. The fraction of sp³-hybridized carbons (Fsp3) is 0.364. The van der Waals surface area contributed by atoms with Crippen LogP contribution in [0.3, 0.4) is 0 Å². The smallest absolute Gasteiger partial charge is 0.237 e. The lowest BCUT2D eigenvalue weighted by Gasteiger charge is -2.22. The second kappa shape index (κ2) is 9.66. The molecule has 160 valence electrons. The first-order valence-corrected chi connectivity index (χ1v) is 12.5. The number of aryl methyl sites for hydroxylation is 1. The normalized spacial score (nSPS) is 17.0. The van der Waals surface area contributed by atoms with Crippen LogP contribution in [0.4, 0.5) is 5.69 Å². The second-order valence-electron chi connectivity index (χ2n) is 7.47. The van der Waals surface area contributed by atoms with Gasteiger partial charge >= 0.3 is 0 Å². The Morgan fingerprint density at radius 3 is 2.67 bits per heavy atom. The summed E-state index contributed by atoms with van der Waals surface area (Å²) in [5, 5.41) is 5.35. The molecule has 0 bridgehead atoms. The van der Waals surface area contributed by atoms with Gasteiger partial charge in [-0.15, -0.1) is 11.8 Å². The van der Waals surface area contributed by atoms with Crippen LogP contribution in [0.15, 0.2) is 58.3 Å². The number of hydrogen-bond donors (Lipinski definition) is 2. The van der Waals surface area contributed by atoms with Gasteiger partial charge in [-0.2, -0.15) is 0 Å². The molecule has 2 aromatic rings. The number of sulfone groups is 1. The van der Waals surface area contributed by atoms with Gasteiger partial charge in [0.15, 0.2) is 9.84 Å². The Morgan fingerprint density at radius 1 is 1.20 bits per heavy atom. The summed E-state index contributed by atoms with van der Waals surface area (Å²) in [6.07, 6.45) is 1.64. The van der Waals surface area contributed by atoms with Crippen molar-refractivity contribution in [1.82, 2.24) is 5.32 Å². The number of carbonyl (C=O) groups is 2. The van der Waals surface area contributed by atoms with Gasteiger partial charge in [-0.1, -0.05) is 37.3 Å². The largest absolute Gasteiger partial charge is 0.356 e. The molecule has 2 atom stereocenters. The summed E-state index contributed by atoms with van der Waals surface area (Å²) in [7, 11) is -3.66. The average molecular weight is 447 g/mol. The predicted molar refractivity (Wildman–Crippen MR) is 119 cm³/mol. The number of amides is 2. The van der Waals surface area contributed by atoms with Crippen LogP contribution in [-0.2, 0) is 25.8 Å². The fourth-order valence-electron chi connectivity index (χ4n) is 3.21. The lowest BCUT2D eigenvalue weighted by Crippen LogP contribution is -2.34. The van der Waals surface area contributed by atoms with E-state index in [9.17, 15) is 18.0 Å². The molecule has 2 aromatic carbocycles. The van der Waals surface area contributed by atoms with E-state index in [-0.39, 0.29) is 27.7 Å². The van der Waals surface area contributed by atoms with Crippen molar-refractivity contribution in [1.29, 1.82) is 0 Å². The van der Waals surface area contributed by atoms with E-state index < -0.39 is 15.8 Å². The average Bonchev–Trinajstić information content (AvgIpc) is 2.72. The van der Waals surface area contributed by atoms with Gasteiger partial charge in [0, 0.05) is 17.4 Å². The van der Waals surface area contributed by atoms with Crippen molar-refractivity contribution in [2.75, 3.05) is 17.6 Å². The molecule has 2 amide bonds. The molecule has 0 fully saturated rings. The maximum absolute atomic E-state index is 12.8. The van der Waals surface area contributed by atoms with Crippen molar-refractivity contribution < 1.29 is 18.0 Å². The van der Waals surface area contributed by atoms with E-state index in [0.29, 0.717) is 12.2 Å². The SMILES string of the molecule is C[C@H](CS(=O)(=O)c1ccc2c(c1)NC(=O)[C@@H](C)S2)C(=O)NCCCc1ccccc1. The van der Waals surface area contributed by atoms with E-state index >= 15 is 0 Å². The number of hydrogen-bond acceptors (Lipinski definition) is 5. The van der Waals surface area contributed by atoms with Crippen molar-refractivity contribution in [3.8, 4) is 0 Å². The van der Waals surface area contributed by atoms with Gasteiger partial charge < -0.3 is 10.6 Å². The molecule has 1 aliphatic rings. The summed E-state index contributed by atoms with van der Waals surface area (Å²) in [4.78, 5) is 25.2. The third kappa shape index (κ3) is 5.64. The van der Waals surface area contributed by atoms with E-state index in [4.69, 9.17) is 0 Å². The molecule has 0 saturated heterocycles. The van der Waals surface area contributed by atoms with Crippen molar-refractivity contribution in [2.24, 2.45) is 5.92 Å². The zero-order valence-electron chi connectivity index (χ0n) is 17.1. The van der Waals surface area contributed by atoms with Gasteiger partial charge in [-0.05, 0) is 43.5 Å². The Morgan fingerprint density at radius 2 is 1.93 bits per heavy atom. The molecule has 1 heterocycles. The highest BCUT2D eigenvalue weighted by molar-refractivity contribution is 8.01. The molecule has 3 rings (SSSR count). The summed E-state index contributed by atoms with van der Waals surface area (Å²) < 4.78 is 25.6. The fourth-order valence-corrected chi connectivity index (χ4v) is 5.71. The van der Waals surface area contributed by atoms with Crippen LogP contribution in [0.5, 0.6) is 0 Å². The standard InChI is InChI=1S/C22H26N2O4S2/c1-15(21(25)23-12-6-9-17-7-4-3-5-8-17)14-30(27,28)18-10-11-20-19(13-18)24-22(26)16(2)29-20/h3-5,7-8,10-11,13,15-16H,6,9,12,14H2,1-2H3,(H,23,25)(H,24,26)/t15-,16-/m1/s1. The van der Waals surface area contributed by atoms with Crippen LogP contribution in [-0.4, -0.2) is 37.8 Å². The van der Waals surface area contributed by atoms with Gasteiger partial charge in [0.2, 0.25) is 11.8 Å². The van der Waals surface area contributed by atoms with Crippen molar-refractivity contribution in [3.05, 3.63) is 54.1 Å². The topological polar surface area (TPSA) is 92.3 Å². The first-order chi connectivity index (χ1) is 14.3. The van der Waals surface area contributed by atoms with Gasteiger partial charge in [0.1, 0.15) is 0 Å². The molecule has 0 radical (unpaired) electrons. The molecule has 0 saturated carbocycles. The molecule has 0 unspecified atom stereocenters. The van der Waals surface area contributed by atoms with Gasteiger partial charge in [0.05, 0.1) is 21.6 Å². The maximum atomic E-state index is 12.8. The molecule has 6 nitrogen and oxygen atoms in total. The van der Waals surface area contributed by atoms with Crippen LogP contribution >= 0.6 is 11.8 Å². The van der Waals surface area contributed by atoms with Crippen molar-refractivity contribution in [3.63, 3.8) is 0 Å². The highest BCUT2D eigenvalue weighted by atomic mass is 32.2. The van der Waals surface area contributed by atoms with Crippen LogP contribution < -0.4 is 10.6 Å². The van der Waals surface area contributed by atoms with Crippen molar-refractivity contribution >= 4 is 39.1 Å². The second-order valence-corrected chi connectivity index (χ2v) is 10.9. The quantitative estimate of drug-likeness (QED) is 0.607. The van der Waals surface area contributed by atoms with Crippen LogP contribution in [0.2, 0.25) is 0 Å². The van der Waals surface area contributed by atoms with E-state index in [1.54, 1.807) is 19.9 Å². The number of fused-ring (bicyclic) bond motifs is 1. The van der Waals surface area contributed by atoms with Gasteiger partial charge in [0.25, 0.3) is 0 Å². The number of benzene rings is 2. The lowest BCUT2D eigenvalue weighted by molar-refractivity contribution is -0.123. The number of nitrogens with one attached hydrogen (secondary N) is 2. The summed E-state index contributed by atoms with van der Waals surface area (Å²) in [5.74, 6) is -1.38. The molecule has 1 aliphatic heterocycles. The summed E-state index contributed by atoms with van der Waals surface area (Å²) in [6.45, 7) is 3.91. The monoisotopic (exact) mass is 446 g/mol. The van der Waals surface area contributed by atoms with E-state index in [0.717, 1.165) is 17.7 Å². The molecule has 2 N–H and O–H groups in total. The van der Waals surface area contributed by atoms with Gasteiger partial charge in [-0.25, -0.2) is 8.42 Å². The maximum Gasteiger partial charge on any atom is 0.237 e. The van der Waals surface area contributed by atoms with Crippen LogP contribution in [0, 0.1) is 5.92 Å². The zero-order chi connectivity index (χ0) is 21.7. The number of rotatable bonds is 8. The Bertz CT molecular complexity index is 1020. The minimum absolute atomic E-state index is 0.112.